The number of carbonyl (C=O) groups excluding carboxylic acids is 2. The summed E-state index contributed by atoms with van der Waals surface area (Å²) in [4.78, 5) is 27.3. The maximum atomic E-state index is 13.2. The van der Waals surface area contributed by atoms with Crippen molar-refractivity contribution in [2.24, 2.45) is 0 Å². The maximum Gasteiger partial charge on any atom is 0.322 e. The van der Waals surface area contributed by atoms with Crippen LogP contribution < -0.4 is 10.6 Å². The number of nitrogens with one attached hydrogen (secondary N) is 2. The lowest BCUT2D eigenvalue weighted by atomic mass is 10.2. The van der Waals surface area contributed by atoms with Crippen LogP contribution in [0.1, 0.15) is 17.7 Å². The van der Waals surface area contributed by atoms with Crippen molar-refractivity contribution in [2.75, 3.05) is 11.9 Å². The quantitative estimate of drug-likeness (QED) is 0.892. The molecule has 0 spiro atoms. The van der Waals surface area contributed by atoms with Crippen molar-refractivity contribution in [3.8, 4) is 0 Å². The number of rotatable bonds is 4. The highest BCUT2D eigenvalue weighted by Crippen LogP contribution is 2.20. The van der Waals surface area contributed by atoms with Crippen molar-refractivity contribution in [1.29, 1.82) is 0 Å². The van der Waals surface area contributed by atoms with Gasteiger partial charge in [0.05, 0.1) is 6.54 Å². The molecule has 3 amide bonds. The van der Waals surface area contributed by atoms with E-state index in [1.165, 1.54) is 23.1 Å². The third kappa shape index (κ3) is 3.91. The van der Waals surface area contributed by atoms with Gasteiger partial charge in [-0.15, -0.1) is 11.3 Å². The van der Waals surface area contributed by atoms with Gasteiger partial charge in [0, 0.05) is 17.1 Å². The second-order valence-corrected chi connectivity index (χ2v) is 6.62. The van der Waals surface area contributed by atoms with Gasteiger partial charge in [-0.05, 0) is 42.5 Å². The molecule has 1 aliphatic rings. The molecule has 126 valence electrons. The van der Waals surface area contributed by atoms with Gasteiger partial charge in [-0.25, -0.2) is 9.18 Å². The average Bonchev–Trinajstić information content (AvgIpc) is 3.24. The number of benzene rings is 1. The molecular formula is C17H18FN3O2S. The van der Waals surface area contributed by atoms with E-state index in [1.807, 2.05) is 17.5 Å². The maximum absolute atomic E-state index is 13.2. The van der Waals surface area contributed by atoms with Gasteiger partial charge < -0.3 is 15.5 Å². The first kappa shape index (κ1) is 16.4. The fourth-order valence-corrected chi connectivity index (χ4v) is 3.39. The molecule has 5 nitrogen and oxygen atoms in total. The van der Waals surface area contributed by atoms with Crippen LogP contribution in [0.4, 0.5) is 14.9 Å². The Morgan fingerprint density at radius 2 is 2.17 bits per heavy atom. The molecule has 0 saturated carbocycles. The SMILES string of the molecule is O=C(NCc1cccs1)[C@@H]1CCCN1C(=O)Nc1cccc(F)c1. The third-order valence-electron chi connectivity index (χ3n) is 3.91. The minimum atomic E-state index is -0.487. The Hall–Kier alpha value is -2.41. The first-order valence-electron chi connectivity index (χ1n) is 7.77. The molecule has 0 aliphatic carbocycles. The van der Waals surface area contributed by atoms with E-state index < -0.39 is 11.9 Å². The van der Waals surface area contributed by atoms with Crippen LogP contribution in [-0.2, 0) is 11.3 Å². The standard InChI is InChI=1S/C17H18FN3O2S/c18-12-4-1-5-13(10-12)20-17(23)21-8-2-7-15(21)16(22)19-11-14-6-3-9-24-14/h1,3-6,9-10,15H,2,7-8,11H2,(H,19,22)(H,20,23)/t15-/m0/s1. The van der Waals surface area contributed by atoms with Gasteiger partial charge in [0.1, 0.15) is 11.9 Å². The zero-order chi connectivity index (χ0) is 16.9. The molecule has 0 unspecified atom stereocenters. The highest BCUT2D eigenvalue weighted by atomic mass is 32.1. The first-order chi connectivity index (χ1) is 11.6. The van der Waals surface area contributed by atoms with Gasteiger partial charge >= 0.3 is 6.03 Å². The number of hydrogen-bond acceptors (Lipinski definition) is 3. The summed E-state index contributed by atoms with van der Waals surface area (Å²) in [5.41, 5.74) is 0.379. The Kier molecular flexibility index (Phi) is 5.10. The summed E-state index contributed by atoms with van der Waals surface area (Å²) in [6.45, 7) is 0.977. The van der Waals surface area contributed by atoms with Crippen molar-refractivity contribution >= 4 is 29.0 Å². The smallest absolute Gasteiger partial charge is 0.322 e. The van der Waals surface area contributed by atoms with Crippen LogP contribution in [-0.4, -0.2) is 29.4 Å². The number of hydrogen-bond donors (Lipinski definition) is 2. The Labute approximate surface area is 143 Å². The number of nitrogens with zero attached hydrogens (tertiary/aromatic N) is 1. The van der Waals surface area contributed by atoms with E-state index in [0.717, 1.165) is 11.3 Å². The molecule has 1 saturated heterocycles. The molecule has 7 heteroatoms. The molecule has 0 bridgehead atoms. The lowest BCUT2D eigenvalue weighted by Gasteiger charge is -2.24. The molecule has 1 fully saturated rings. The summed E-state index contributed by atoms with van der Waals surface area (Å²) in [6, 6.07) is 8.72. The predicted molar refractivity (Wildman–Crippen MR) is 91.3 cm³/mol. The first-order valence-corrected chi connectivity index (χ1v) is 8.65. The van der Waals surface area contributed by atoms with Crippen LogP contribution in [0.15, 0.2) is 41.8 Å². The Morgan fingerprint density at radius 3 is 2.92 bits per heavy atom. The fraction of sp³-hybridized carbons (Fsp3) is 0.294. The lowest BCUT2D eigenvalue weighted by Crippen LogP contribution is -2.47. The van der Waals surface area contributed by atoms with Gasteiger partial charge in [-0.1, -0.05) is 12.1 Å². The van der Waals surface area contributed by atoms with Crippen LogP contribution in [0.2, 0.25) is 0 Å². The summed E-state index contributed by atoms with van der Waals surface area (Å²) in [5, 5.41) is 7.48. The summed E-state index contributed by atoms with van der Waals surface area (Å²) in [6.07, 6.45) is 1.40. The molecule has 2 aromatic rings. The predicted octanol–water partition coefficient (Wildman–Crippen LogP) is 3.20. The Morgan fingerprint density at radius 1 is 1.29 bits per heavy atom. The van der Waals surface area contributed by atoms with Crippen LogP contribution >= 0.6 is 11.3 Å². The van der Waals surface area contributed by atoms with E-state index >= 15 is 0 Å². The molecule has 24 heavy (non-hydrogen) atoms. The minimum absolute atomic E-state index is 0.157. The molecule has 1 aromatic carbocycles. The highest BCUT2D eigenvalue weighted by Gasteiger charge is 2.34. The zero-order valence-electron chi connectivity index (χ0n) is 13.0. The normalized spacial score (nSPS) is 16.9. The number of urea groups is 1. The topological polar surface area (TPSA) is 61.4 Å². The molecule has 0 radical (unpaired) electrons. The van der Waals surface area contributed by atoms with Crippen LogP contribution in [0.25, 0.3) is 0 Å². The Balaban J connectivity index is 1.59. The number of amides is 3. The van der Waals surface area contributed by atoms with E-state index in [9.17, 15) is 14.0 Å². The molecule has 3 rings (SSSR count). The largest absolute Gasteiger partial charge is 0.349 e. The summed E-state index contributed by atoms with van der Waals surface area (Å²) < 4.78 is 13.2. The van der Waals surface area contributed by atoms with Crippen LogP contribution in [0, 0.1) is 5.82 Å². The van der Waals surface area contributed by atoms with E-state index in [4.69, 9.17) is 0 Å². The van der Waals surface area contributed by atoms with Crippen molar-refractivity contribution < 1.29 is 14.0 Å². The summed E-state index contributed by atoms with van der Waals surface area (Å²) >= 11 is 1.57. The van der Waals surface area contributed by atoms with Crippen molar-refractivity contribution in [3.05, 3.63) is 52.5 Å². The fourth-order valence-electron chi connectivity index (χ4n) is 2.75. The molecule has 2 heterocycles. The molecule has 2 N–H and O–H groups in total. The molecule has 1 aliphatic heterocycles. The summed E-state index contributed by atoms with van der Waals surface area (Å²) in [7, 11) is 0. The van der Waals surface area contributed by atoms with Crippen LogP contribution in [0.3, 0.4) is 0 Å². The van der Waals surface area contributed by atoms with E-state index in [0.29, 0.717) is 25.2 Å². The van der Waals surface area contributed by atoms with Gasteiger partial charge in [0.25, 0.3) is 0 Å². The van der Waals surface area contributed by atoms with E-state index in [-0.39, 0.29) is 11.9 Å². The zero-order valence-corrected chi connectivity index (χ0v) is 13.8. The average molecular weight is 347 g/mol. The van der Waals surface area contributed by atoms with Gasteiger partial charge in [0.15, 0.2) is 0 Å². The number of anilines is 1. The van der Waals surface area contributed by atoms with E-state index in [2.05, 4.69) is 10.6 Å². The minimum Gasteiger partial charge on any atom is -0.349 e. The van der Waals surface area contributed by atoms with E-state index in [1.54, 1.807) is 17.4 Å². The molecular weight excluding hydrogens is 329 g/mol. The molecule has 1 atom stereocenters. The second-order valence-electron chi connectivity index (χ2n) is 5.59. The molecule has 1 aromatic heterocycles. The van der Waals surface area contributed by atoms with Crippen molar-refractivity contribution in [3.63, 3.8) is 0 Å². The number of likely N-dealkylation sites (tertiary alicyclic amines) is 1. The Bertz CT molecular complexity index is 720. The second kappa shape index (κ2) is 7.44. The number of thiophene rings is 1. The lowest BCUT2D eigenvalue weighted by molar-refractivity contribution is -0.124. The summed E-state index contributed by atoms with van der Waals surface area (Å²) in [5.74, 6) is -0.574. The van der Waals surface area contributed by atoms with Crippen molar-refractivity contribution in [1.82, 2.24) is 10.2 Å². The van der Waals surface area contributed by atoms with Gasteiger partial charge in [-0.3, -0.25) is 4.79 Å². The monoisotopic (exact) mass is 347 g/mol. The van der Waals surface area contributed by atoms with Gasteiger partial charge in [0.2, 0.25) is 5.91 Å². The number of carbonyl (C=O) groups is 2. The highest BCUT2D eigenvalue weighted by molar-refractivity contribution is 7.09. The third-order valence-corrected chi connectivity index (χ3v) is 4.79. The van der Waals surface area contributed by atoms with Crippen LogP contribution in [0.5, 0.6) is 0 Å². The van der Waals surface area contributed by atoms with Gasteiger partial charge in [-0.2, -0.15) is 0 Å². The number of halogens is 1. The van der Waals surface area contributed by atoms with Crippen molar-refractivity contribution in [2.45, 2.75) is 25.4 Å².